The van der Waals surface area contributed by atoms with Gasteiger partial charge in [0.05, 0.1) is 17.3 Å². The van der Waals surface area contributed by atoms with E-state index in [4.69, 9.17) is 11.6 Å². The van der Waals surface area contributed by atoms with Gasteiger partial charge < -0.3 is 5.32 Å². The van der Waals surface area contributed by atoms with Gasteiger partial charge in [0.25, 0.3) is 0 Å². The molecule has 1 unspecified atom stereocenters. The molecule has 0 aromatic heterocycles. The first-order chi connectivity index (χ1) is 8.22. The first-order valence-corrected chi connectivity index (χ1v) is 6.67. The third-order valence-electron chi connectivity index (χ3n) is 3.31. The van der Waals surface area contributed by atoms with Crippen molar-refractivity contribution in [3.63, 3.8) is 0 Å². The van der Waals surface area contributed by atoms with E-state index < -0.39 is 5.54 Å². The Labute approximate surface area is 115 Å². The number of carbonyl (C=O) groups excluding carboxylic acids is 1. The van der Waals surface area contributed by atoms with Gasteiger partial charge in [-0.2, -0.15) is 0 Å². The van der Waals surface area contributed by atoms with E-state index in [1.165, 1.54) is 5.56 Å². The first kappa shape index (κ1) is 15.0. The lowest BCUT2D eigenvalue weighted by atomic mass is 9.99. The van der Waals surface area contributed by atoms with Gasteiger partial charge in [0.1, 0.15) is 0 Å². The van der Waals surface area contributed by atoms with Crippen LogP contribution < -0.4 is 5.32 Å². The highest BCUT2D eigenvalue weighted by Crippen LogP contribution is 2.16. The van der Waals surface area contributed by atoms with Crippen molar-refractivity contribution in [3.8, 4) is 0 Å². The Morgan fingerprint density at radius 3 is 2.56 bits per heavy atom. The van der Waals surface area contributed by atoms with E-state index in [-0.39, 0.29) is 11.3 Å². The molecule has 1 atom stereocenters. The summed E-state index contributed by atoms with van der Waals surface area (Å²) >= 11 is 6.06. The maximum Gasteiger partial charge on any atom is 0.224 e. The minimum absolute atomic E-state index is 0.0150. The lowest BCUT2D eigenvalue weighted by molar-refractivity contribution is -0.122. The van der Waals surface area contributed by atoms with E-state index in [2.05, 4.69) is 17.4 Å². The average Bonchev–Trinajstić information content (AvgIpc) is 2.22. The van der Waals surface area contributed by atoms with E-state index in [0.717, 1.165) is 11.1 Å². The van der Waals surface area contributed by atoms with Gasteiger partial charge in [-0.15, -0.1) is 11.6 Å². The largest absolute Gasteiger partial charge is 0.349 e. The predicted octanol–water partition coefficient (Wildman–Crippen LogP) is 3.37. The van der Waals surface area contributed by atoms with Crippen molar-refractivity contribution in [3.05, 3.63) is 34.9 Å². The van der Waals surface area contributed by atoms with E-state index in [1.807, 2.05) is 40.7 Å². The maximum atomic E-state index is 12.0. The average molecular weight is 268 g/mol. The summed E-state index contributed by atoms with van der Waals surface area (Å²) in [6.07, 6.45) is 0.403. The second kappa shape index (κ2) is 5.75. The lowest BCUT2D eigenvalue weighted by Gasteiger charge is -2.29. The standard InChI is InChI=1S/C15H22ClNO/c1-10-6-7-11(2)13(8-10)9-14(18)17-15(4,5)12(3)16/h6-8,12H,9H2,1-5H3,(H,17,18). The molecule has 1 amide bonds. The van der Waals surface area contributed by atoms with E-state index in [9.17, 15) is 4.79 Å². The molecule has 100 valence electrons. The van der Waals surface area contributed by atoms with Gasteiger partial charge in [-0.25, -0.2) is 0 Å². The summed E-state index contributed by atoms with van der Waals surface area (Å²) in [6.45, 7) is 9.82. The van der Waals surface area contributed by atoms with Crippen molar-refractivity contribution in [2.75, 3.05) is 0 Å². The molecule has 0 aliphatic heterocycles. The number of alkyl halides is 1. The van der Waals surface area contributed by atoms with Crippen LogP contribution in [0.2, 0.25) is 0 Å². The third kappa shape index (κ3) is 4.02. The molecule has 0 aliphatic carbocycles. The zero-order chi connectivity index (χ0) is 13.9. The molecule has 0 aliphatic rings. The van der Waals surface area contributed by atoms with Crippen molar-refractivity contribution in [2.24, 2.45) is 0 Å². The molecule has 0 saturated heterocycles. The highest BCUT2D eigenvalue weighted by molar-refractivity contribution is 6.21. The Balaban J connectivity index is 2.74. The number of hydrogen-bond acceptors (Lipinski definition) is 1. The van der Waals surface area contributed by atoms with Crippen LogP contribution in [-0.2, 0) is 11.2 Å². The van der Waals surface area contributed by atoms with Crippen molar-refractivity contribution in [1.82, 2.24) is 5.32 Å². The molecule has 3 heteroatoms. The Hall–Kier alpha value is -1.02. The summed E-state index contributed by atoms with van der Waals surface area (Å²) in [7, 11) is 0. The maximum absolute atomic E-state index is 12.0. The number of halogens is 1. The van der Waals surface area contributed by atoms with Gasteiger partial charge in [0, 0.05) is 0 Å². The quantitative estimate of drug-likeness (QED) is 0.833. The Bertz CT molecular complexity index is 438. The minimum atomic E-state index is -0.392. The van der Waals surface area contributed by atoms with Crippen molar-refractivity contribution < 1.29 is 4.79 Å². The fourth-order valence-corrected chi connectivity index (χ4v) is 1.72. The molecule has 0 bridgehead atoms. The summed E-state index contributed by atoms with van der Waals surface area (Å²) in [6, 6.07) is 6.17. The molecule has 18 heavy (non-hydrogen) atoms. The molecule has 0 spiro atoms. The second-order valence-corrected chi connectivity index (χ2v) is 6.15. The van der Waals surface area contributed by atoms with Crippen LogP contribution in [0, 0.1) is 13.8 Å². The van der Waals surface area contributed by atoms with E-state index in [1.54, 1.807) is 0 Å². The first-order valence-electron chi connectivity index (χ1n) is 6.23. The third-order valence-corrected chi connectivity index (χ3v) is 3.86. The number of amides is 1. The number of carbonyl (C=O) groups is 1. The fourth-order valence-electron chi connectivity index (χ4n) is 1.67. The van der Waals surface area contributed by atoms with Crippen LogP contribution >= 0.6 is 11.6 Å². The highest BCUT2D eigenvalue weighted by Gasteiger charge is 2.26. The number of aryl methyl sites for hydroxylation is 2. The van der Waals surface area contributed by atoms with Crippen molar-refractivity contribution >= 4 is 17.5 Å². The summed E-state index contributed by atoms with van der Waals surface area (Å²) < 4.78 is 0. The number of nitrogens with one attached hydrogen (secondary N) is 1. The lowest BCUT2D eigenvalue weighted by Crippen LogP contribution is -2.49. The summed E-state index contributed by atoms with van der Waals surface area (Å²) in [5.41, 5.74) is 3.00. The van der Waals surface area contributed by atoms with Crippen molar-refractivity contribution in [1.29, 1.82) is 0 Å². The number of benzene rings is 1. The minimum Gasteiger partial charge on any atom is -0.349 e. The fraction of sp³-hybridized carbons (Fsp3) is 0.533. The monoisotopic (exact) mass is 267 g/mol. The zero-order valence-corrected chi connectivity index (χ0v) is 12.6. The van der Waals surface area contributed by atoms with Gasteiger partial charge in [-0.1, -0.05) is 23.8 Å². The Kier molecular flexibility index (Phi) is 4.80. The van der Waals surface area contributed by atoms with Gasteiger partial charge >= 0.3 is 0 Å². The molecule has 0 heterocycles. The van der Waals surface area contributed by atoms with Crippen LogP contribution in [0.15, 0.2) is 18.2 Å². The highest BCUT2D eigenvalue weighted by atomic mass is 35.5. The van der Waals surface area contributed by atoms with Crippen LogP contribution in [-0.4, -0.2) is 16.8 Å². The molecule has 0 fully saturated rings. The van der Waals surface area contributed by atoms with Gasteiger partial charge in [-0.3, -0.25) is 4.79 Å². The molecule has 2 nitrogen and oxygen atoms in total. The summed E-state index contributed by atoms with van der Waals surface area (Å²) in [5.74, 6) is 0.0150. The zero-order valence-electron chi connectivity index (χ0n) is 11.8. The van der Waals surface area contributed by atoms with Gasteiger partial charge in [-0.05, 0) is 45.7 Å². The van der Waals surface area contributed by atoms with Crippen molar-refractivity contribution in [2.45, 2.75) is 52.0 Å². The Morgan fingerprint density at radius 2 is 2.00 bits per heavy atom. The normalized spacial score (nSPS) is 13.2. The molecule has 1 aromatic rings. The van der Waals surface area contributed by atoms with E-state index in [0.29, 0.717) is 6.42 Å². The van der Waals surface area contributed by atoms with Crippen LogP contribution in [0.5, 0.6) is 0 Å². The van der Waals surface area contributed by atoms with E-state index >= 15 is 0 Å². The van der Waals surface area contributed by atoms with Crippen LogP contribution in [0.4, 0.5) is 0 Å². The summed E-state index contributed by atoms with van der Waals surface area (Å²) in [5, 5.41) is 2.87. The second-order valence-electron chi connectivity index (χ2n) is 5.49. The smallest absolute Gasteiger partial charge is 0.224 e. The van der Waals surface area contributed by atoms with Gasteiger partial charge in [0.2, 0.25) is 5.91 Å². The predicted molar refractivity (Wildman–Crippen MR) is 77.2 cm³/mol. The molecule has 0 radical (unpaired) electrons. The van der Waals surface area contributed by atoms with Crippen LogP contribution in [0.3, 0.4) is 0 Å². The SMILES string of the molecule is Cc1ccc(C)c(CC(=O)NC(C)(C)C(C)Cl)c1. The number of rotatable bonds is 4. The van der Waals surface area contributed by atoms with Crippen LogP contribution in [0.25, 0.3) is 0 Å². The van der Waals surface area contributed by atoms with Gasteiger partial charge in [0.15, 0.2) is 0 Å². The Morgan fingerprint density at radius 1 is 1.39 bits per heavy atom. The topological polar surface area (TPSA) is 29.1 Å². The number of hydrogen-bond donors (Lipinski definition) is 1. The molecule has 1 aromatic carbocycles. The molecule has 0 saturated carbocycles. The summed E-state index contributed by atoms with van der Waals surface area (Å²) in [4.78, 5) is 12.0. The molecular formula is C15H22ClNO. The van der Waals surface area contributed by atoms with Crippen LogP contribution in [0.1, 0.15) is 37.5 Å². The molecular weight excluding hydrogens is 246 g/mol. The molecule has 1 N–H and O–H groups in total. The molecule has 1 rings (SSSR count).